The van der Waals surface area contributed by atoms with Crippen LogP contribution in [0.15, 0.2) is 47.8 Å². The Bertz CT molecular complexity index is 688. The summed E-state index contributed by atoms with van der Waals surface area (Å²) in [6.45, 7) is 2.04. The number of Topliss-reactive ketones (excluding diaryl/α,β-unsaturated/α-hetero) is 1. The summed E-state index contributed by atoms with van der Waals surface area (Å²) in [6.07, 6.45) is 1.70. The summed E-state index contributed by atoms with van der Waals surface area (Å²) in [5.41, 5.74) is 0. The highest BCUT2D eigenvalue weighted by Gasteiger charge is 2.29. The van der Waals surface area contributed by atoms with Crippen LogP contribution in [-0.2, 0) is 0 Å². The summed E-state index contributed by atoms with van der Waals surface area (Å²) >= 11 is 1.46. The number of thiophene rings is 1. The van der Waals surface area contributed by atoms with Crippen molar-refractivity contribution < 1.29 is 14.3 Å². The van der Waals surface area contributed by atoms with E-state index in [2.05, 4.69) is 5.32 Å². The molecule has 1 atom stereocenters. The summed E-state index contributed by atoms with van der Waals surface area (Å²) in [6, 6.07) is 13.1. The standard InChI is InChI=1S/C19H22N2O3S/c22-18(17-9-5-13-25-17)15-6-4-11-21(14-15)19(23)20-10-12-24-16-7-2-1-3-8-16/h1-3,5,7-9,13,15H,4,6,10-12,14H2,(H,20,23)/t15-/m1/s1. The number of para-hydroxylation sites is 1. The van der Waals surface area contributed by atoms with Gasteiger partial charge in [-0.1, -0.05) is 24.3 Å². The fourth-order valence-electron chi connectivity index (χ4n) is 2.95. The lowest BCUT2D eigenvalue weighted by atomic mass is 9.93. The second-order valence-corrected chi connectivity index (χ2v) is 6.97. The van der Waals surface area contributed by atoms with Gasteiger partial charge < -0.3 is 15.0 Å². The van der Waals surface area contributed by atoms with E-state index in [1.807, 2.05) is 47.8 Å². The number of hydrogen-bond acceptors (Lipinski definition) is 4. The van der Waals surface area contributed by atoms with Gasteiger partial charge in [0.15, 0.2) is 5.78 Å². The van der Waals surface area contributed by atoms with E-state index in [1.54, 1.807) is 4.90 Å². The number of urea groups is 1. The van der Waals surface area contributed by atoms with Gasteiger partial charge in [-0.2, -0.15) is 0 Å². The average molecular weight is 358 g/mol. The highest BCUT2D eigenvalue weighted by Crippen LogP contribution is 2.23. The molecule has 1 aliphatic rings. The van der Waals surface area contributed by atoms with Gasteiger partial charge in [-0.25, -0.2) is 4.79 Å². The first-order valence-corrected chi connectivity index (χ1v) is 9.40. The second-order valence-electron chi connectivity index (χ2n) is 6.02. The van der Waals surface area contributed by atoms with Gasteiger partial charge in [0.1, 0.15) is 12.4 Å². The highest BCUT2D eigenvalue weighted by molar-refractivity contribution is 7.12. The van der Waals surface area contributed by atoms with Crippen molar-refractivity contribution >= 4 is 23.2 Å². The van der Waals surface area contributed by atoms with Crippen LogP contribution >= 0.6 is 11.3 Å². The number of ether oxygens (including phenoxy) is 1. The summed E-state index contributed by atoms with van der Waals surface area (Å²) in [5, 5.41) is 4.78. The van der Waals surface area contributed by atoms with Crippen molar-refractivity contribution in [2.75, 3.05) is 26.2 Å². The summed E-state index contributed by atoms with van der Waals surface area (Å²) in [4.78, 5) is 27.3. The third kappa shape index (κ3) is 4.82. The second kappa shape index (κ2) is 8.67. The molecule has 1 aliphatic heterocycles. The molecule has 0 spiro atoms. The van der Waals surface area contributed by atoms with Gasteiger partial charge in [0.05, 0.1) is 11.4 Å². The van der Waals surface area contributed by atoms with Gasteiger partial charge in [-0.15, -0.1) is 11.3 Å². The van der Waals surface area contributed by atoms with Gasteiger partial charge >= 0.3 is 6.03 Å². The van der Waals surface area contributed by atoms with Crippen molar-refractivity contribution in [3.05, 3.63) is 52.7 Å². The number of hydrogen-bond donors (Lipinski definition) is 1. The Morgan fingerprint density at radius 2 is 2.04 bits per heavy atom. The number of likely N-dealkylation sites (tertiary alicyclic amines) is 1. The zero-order chi connectivity index (χ0) is 17.5. The molecule has 6 heteroatoms. The van der Waals surface area contributed by atoms with E-state index >= 15 is 0 Å². The first-order chi connectivity index (χ1) is 12.2. The predicted molar refractivity (Wildman–Crippen MR) is 98.3 cm³/mol. The fraction of sp³-hybridized carbons (Fsp3) is 0.368. The molecule has 0 bridgehead atoms. The lowest BCUT2D eigenvalue weighted by molar-refractivity contribution is 0.0849. The lowest BCUT2D eigenvalue weighted by Gasteiger charge is -2.31. The first-order valence-electron chi connectivity index (χ1n) is 8.52. The van der Waals surface area contributed by atoms with E-state index in [-0.39, 0.29) is 17.7 Å². The van der Waals surface area contributed by atoms with Crippen LogP contribution in [-0.4, -0.2) is 43.0 Å². The van der Waals surface area contributed by atoms with Crippen molar-refractivity contribution in [1.82, 2.24) is 10.2 Å². The number of nitrogens with zero attached hydrogens (tertiary/aromatic N) is 1. The predicted octanol–water partition coefficient (Wildman–Crippen LogP) is 3.43. The topological polar surface area (TPSA) is 58.6 Å². The number of rotatable bonds is 6. The van der Waals surface area contributed by atoms with E-state index in [9.17, 15) is 9.59 Å². The van der Waals surface area contributed by atoms with Crippen molar-refractivity contribution in [2.24, 2.45) is 5.92 Å². The number of carbonyl (C=O) groups excluding carboxylic acids is 2. The Balaban J connectivity index is 1.43. The van der Waals surface area contributed by atoms with E-state index in [1.165, 1.54) is 11.3 Å². The van der Waals surface area contributed by atoms with Crippen LogP contribution in [0.1, 0.15) is 22.5 Å². The smallest absolute Gasteiger partial charge is 0.317 e. The Morgan fingerprint density at radius 1 is 1.20 bits per heavy atom. The quantitative estimate of drug-likeness (QED) is 0.636. The molecular formula is C19H22N2O3S. The van der Waals surface area contributed by atoms with Gasteiger partial charge in [0.2, 0.25) is 0 Å². The largest absolute Gasteiger partial charge is 0.492 e. The lowest BCUT2D eigenvalue weighted by Crippen LogP contribution is -2.47. The minimum atomic E-state index is -0.125. The van der Waals surface area contributed by atoms with Gasteiger partial charge in [0, 0.05) is 19.0 Å². The number of ketones is 1. The number of amides is 2. The van der Waals surface area contributed by atoms with Crippen LogP contribution in [0.4, 0.5) is 4.79 Å². The Hall–Kier alpha value is -2.34. The number of nitrogens with one attached hydrogen (secondary N) is 1. The maximum atomic E-state index is 12.5. The van der Waals surface area contributed by atoms with Crippen LogP contribution in [0.2, 0.25) is 0 Å². The highest BCUT2D eigenvalue weighted by atomic mass is 32.1. The Labute approximate surface area is 151 Å². The van der Waals surface area contributed by atoms with E-state index < -0.39 is 0 Å². The molecule has 1 N–H and O–H groups in total. The molecule has 3 rings (SSSR count). The maximum Gasteiger partial charge on any atom is 0.317 e. The molecule has 5 nitrogen and oxygen atoms in total. The van der Waals surface area contributed by atoms with Gasteiger partial charge in [-0.3, -0.25) is 4.79 Å². The number of piperidine rings is 1. The molecule has 25 heavy (non-hydrogen) atoms. The number of benzene rings is 1. The molecule has 2 aromatic rings. The first kappa shape index (κ1) is 17.5. The Kier molecular flexibility index (Phi) is 6.06. The third-order valence-corrected chi connectivity index (χ3v) is 5.12. The van der Waals surface area contributed by atoms with Crippen molar-refractivity contribution in [3.8, 4) is 5.75 Å². The number of carbonyl (C=O) groups is 2. The molecule has 0 radical (unpaired) electrons. The van der Waals surface area contributed by atoms with Crippen LogP contribution in [0.3, 0.4) is 0 Å². The zero-order valence-corrected chi connectivity index (χ0v) is 14.8. The van der Waals surface area contributed by atoms with Crippen LogP contribution in [0.5, 0.6) is 5.75 Å². The molecule has 2 heterocycles. The normalized spacial score (nSPS) is 17.1. The van der Waals surface area contributed by atoms with Crippen LogP contribution < -0.4 is 10.1 Å². The molecule has 1 saturated heterocycles. The van der Waals surface area contributed by atoms with Crippen LogP contribution in [0, 0.1) is 5.92 Å². The van der Waals surface area contributed by atoms with E-state index in [0.29, 0.717) is 26.2 Å². The van der Waals surface area contributed by atoms with Crippen molar-refractivity contribution in [3.63, 3.8) is 0 Å². The minimum Gasteiger partial charge on any atom is -0.492 e. The molecule has 0 saturated carbocycles. The fourth-order valence-corrected chi connectivity index (χ4v) is 3.69. The Morgan fingerprint density at radius 3 is 2.80 bits per heavy atom. The average Bonchev–Trinajstić information content (AvgIpc) is 3.20. The van der Waals surface area contributed by atoms with E-state index in [0.717, 1.165) is 23.5 Å². The SMILES string of the molecule is O=C(c1cccs1)[C@@H]1CCCN(C(=O)NCCOc2ccccc2)C1. The molecule has 0 aliphatic carbocycles. The van der Waals surface area contributed by atoms with Crippen molar-refractivity contribution in [1.29, 1.82) is 0 Å². The molecule has 1 aromatic heterocycles. The van der Waals surface area contributed by atoms with Crippen molar-refractivity contribution in [2.45, 2.75) is 12.8 Å². The summed E-state index contributed by atoms with van der Waals surface area (Å²) < 4.78 is 5.57. The zero-order valence-electron chi connectivity index (χ0n) is 14.0. The van der Waals surface area contributed by atoms with Gasteiger partial charge in [0.25, 0.3) is 0 Å². The maximum absolute atomic E-state index is 12.5. The molecule has 1 aromatic carbocycles. The van der Waals surface area contributed by atoms with Crippen LogP contribution in [0.25, 0.3) is 0 Å². The molecule has 2 amide bonds. The molecule has 0 unspecified atom stereocenters. The van der Waals surface area contributed by atoms with E-state index in [4.69, 9.17) is 4.74 Å². The molecule has 1 fully saturated rings. The summed E-state index contributed by atoms with van der Waals surface area (Å²) in [7, 11) is 0. The monoisotopic (exact) mass is 358 g/mol. The van der Waals surface area contributed by atoms with Gasteiger partial charge in [-0.05, 0) is 36.4 Å². The third-order valence-electron chi connectivity index (χ3n) is 4.23. The minimum absolute atomic E-state index is 0.0984. The molecule has 132 valence electrons. The molecular weight excluding hydrogens is 336 g/mol. The summed E-state index contributed by atoms with van der Waals surface area (Å²) in [5.74, 6) is 0.843.